The van der Waals surface area contributed by atoms with Crippen LogP contribution >= 0.6 is 0 Å². The van der Waals surface area contributed by atoms with Crippen LogP contribution in [0.1, 0.15) is 82.1 Å². The first kappa shape index (κ1) is 21.3. The van der Waals surface area contributed by atoms with E-state index in [1.54, 1.807) is 0 Å². The lowest BCUT2D eigenvalue weighted by Gasteiger charge is -2.15. The fourth-order valence-corrected chi connectivity index (χ4v) is 3.18. The average Bonchev–Trinajstić information content (AvgIpc) is 2.53. The summed E-state index contributed by atoms with van der Waals surface area (Å²) in [5.41, 5.74) is 7.46. The minimum absolute atomic E-state index is 0.204. The number of benzene rings is 1. The summed E-state index contributed by atoms with van der Waals surface area (Å²) < 4.78 is 0. The summed E-state index contributed by atoms with van der Waals surface area (Å²) in [6.07, 6.45) is 12.4. The smallest absolute Gasteiger partial charge is 0.116 e. The largest absolute Gasteiger partial charge is 0.508 e. The molecule has 1 aromatic rings. The zero-order valence-corrected chi connectivity index (χ0v) is 16.9. The van der Waals surface area contributed by atoms with Gasteiger partial charge in [-0.1, -0.05) is 61.8 Å². The maximum Gasteiger partial charge on any atom is 0.116 e. The molecule has 1 nitrogen and oxygen atoms in total. The second kappa shape index (κ2) is 11.0. The molecule has 0 unspecified atom stereocenters. The molecule has 0 aromatic heterocycles. The van der Waals surface area contributed by atoms with Crippen molar-refractivity contribution in [3.8, 4) is 0 Å². The van der Waals surface area contributed by atoms with Crippen molar-refractivity contribution in [1.82, 2.24) is 0 Å². The molecule has 0 saturated heterocycles. The number of unbranched alkanes of at least 4 members (excludes halogenated alkanes) is 2. The lowest BCUT2D eigenvalue weighted by atomic mass is 9.91. The Morgan fingerprint density at radius 2 is 1.76 bits per heavy atom. The third-order valence-corrected chi connectivity index (χ3v) is 4.76. The lowest BCUT2D eigenvalue weighted by Crippen LogP contribution is -2.01. The van der Waals surface area contributed by atoms with Gasteiger partial charge in [-0.3, -0.25) is 0 Å². The van der Waals surface area contributed by atoms with E-state index in [4.69, 9.17) is 0 Å². The van der Waals surface area contributed by atoms with Crippen LogP contribution in [0, 0.1) is 6.92 Å². The number of aliphatic hydroxyl groups excluding tert-OH is 1. The fourth-order valence-electron chi connectivity index (χ4n) is 3.18. The van der Waals surface area contributed by atoms with Crippen molar-refractivity contribution < 1.29 is 5.11 Å². The van der Waals surface area contributed by atoms with Gasteiger partial charge in [0.15, 0.2) is 0 Å². The summed E-state index contributed by atoms with van der Waals surface area (Å²) >= 11 is 0. The van der Waals surface area contributed by atoms with E-state index >= 15 is 0 Å². The van der Waals surface area contributed by atoms with E-state index in [0.29, 0.717) is 0 Å². The topological polar surface area (TPSA) is 20.2 Å². The van der Waals surface area contributed by atoms with Gasteiger partial charge in [0.2, 0.25) is 0 Å². The van der Waals surface area contributed by atoms with Crippen LogP contribution in [0.2, 0.25) is 0 Å². The van der Waals surface area contributed by atoms with E-state index in [1.165, 1.54) is 47.1 Å². The molecule has 0 amide bonds. The van der Waals surface area contributed by atoms with E-state index in [1.807, 2.05) is 0 Å². The predicted octanol–water partition coefficient (Wildman–Crippen LogP) is 7.49. The van der Waals surface area contributed by atoms with Crippen LogP contribution < -0.4 is 0 Å². The van der Waals surface area contributed by atoms with Crippen molar-refractivity contribution in [3.63, 3.8) is 0 Å². The molecule has 0 fully saturated rings. The molecule has 0 heterocycles. The molecular weight excluding hydrogens is 304 g/mol. The van der Waals surface area contributed by atoms with Gasteiger partial charge in [0.05, 0.1) is 0 Å². The molecule has 0 aliphatic carbocycles. The highest BCUT2D eigenvalue weighted by Gasteiger charge is 2.12. The highest BCUT2D eigenvalue weighted by Crippen LogP contribution is 2.26. The lowest BCUT2D eigenvalue weighted by molar-refractivity contribution is 0.511. The van der Waals surface area contributed by atoms with Gasteiger partial charge in [-0.25, -0.2) is 0 Å². The Bertz CT molecular complexity index is 628. The normalized spacial score (nSPS) is 11.5. The number of aliphatic hydroxyl groups is 1. The van der Waals surface area contributed by atoms with Gasteiger partial charge in [0.1, 0.15) is 5.76 Å². The summed E-state index contributed by atoms with van der Waals surface area (Å²) in [6, 6.07) is 4.41. The van der Waals surface area contributed by atoms with Crippen LogP contribution in [0.15, 0.2) is 42.0 Å². The molecule has 0 spiro atoms. The molecule has 0 bridgehead atoms. The predicted molar refractivity (Wildman–Crippen MR) is 112 cm³/mol. The number of allylic oxidation sites excluding steroid dienone is 4. The van der Waals surface area contributed by atoms with Crippen LogP contribution in [0.4, 0.5) is 0 Å². The molecule has 1 rings (SSSR count). The minimum atomic E-state index is 0.204. The van der Waals surface area contributed by atoms with Crippen molar-refractivity contribution >= 4 is 5.76 Å². The number of aryl methyl sites for hydroxylation is 1. The van der Waals surface area contributed by atoms with Crippen LogP contribution in [0.5, 0.6) is 0 Å². The first-order valence-electron chi connectivity index (χ1n) is 9.65. The van der Waals surface area contributed by atoms with Gasteiger partial charge in [0, 0.05) is 5.56 Å². The summed E-state index contributed by atoms with van der Waals surface area (Å²) in [6.45, 7) is 14.6. The molecule has 1 heteroatoms. The van der Waals surface area contributed by atoms with Crippen molar-refractivity contribution in [2.75, 3.05) is 0 Å². The summed E-state index contributed by atoms with van der Waals surface area (Å²) in [5, 5.41) is 10.1. The Balaban J connectivity index is 2.88. The number of rotatable bonds is 10. The molecular formula is C24H36O. The first-order valence-corrected chi connectivity index (χ1v) is 9.65. The average molecular weight is 341 g/mol. The quantitative estimate of drug-likeness (QED) is 0.266. The standard InChI is InChI=1S/C24H36O/c1-7-8-9-13-23-17-16-22(20(5)24(23)21(6)25)15-14-19(4)12-10-11-18(2)3/h11,14,16-17,25H,6-10,12-13,15H2,1-5H3/b19-14+. The zero-order valence-electron chi connectivity index (χ0n) is 16.9. The highest BCUT2D eigenvalue weighted by atomic mass is 16.3. The number of hydrogen-bond donors (Lipinski definition) is 1. The third kappa shape index (κ3) is 7.34. The van der Waals surface area contributed by atoms with Gasteiger partial charge in [-0.2, -0.15) is 0 Å². The van der Waals surface area contributed by atoms with Gasteiger partial charge < -0.3 is 5.11 Å². The summed E-state index contributed by atoms with van der Waals surface area (Å²) in [5.74, 6) is 0.204. The molecule has 1 N–H and O–H groups in total. The van der Waals surface area contributed by atoms with Gasteiger partial charge in [0.25, 0.3) is 0 Å². The van der Waals surface area contributed by atoms with E-state index in [0.717, 1.165) is 31.2 Å². The molecule has 0 atom stereocenters. The van der Waals surface area contributed by atoms with Crippen molar-refractivity contribution in [1.29, 1.82) is 0 Å². The zero-order chi connectivity index (χ0) is 18.8. The number of hydrogen-bond acceptors (Lipinski definition) is 1. The second-order valence-electron chi connectivity index (χ2n) is 7.36. The first-order chi connectivity index (χ1) is 11.9. The second-order valence-corrected chi connectivity index (χ2v) is 7.36. The molecule has 0 radical (unpaired) electrons. The van der Waals surface area contributed by atoms with Gasteiger partial charge in [-0.05, 0) is 76.5 Å². The Labute approximate surface area is 155 Å². The molecule has 0 saturated carbocycles. The van der Waals surface area contributed by atoms with Crippen LogP contribution in [-0.2, 0) is 12.8 Å². The van der Waals surface area contributed by atoms with Crippen LogP contribution in [0.25, 0.3) is 5.76 Å². The molecule has 0 aliphatic rings. The minimum Gasteiger partial charge on any atom is -0.508 e. The Kier molecular flexibility index (Phi) is 9.34. The van der Waals surface area contributed by atoms with Crippen LogP contribution in [-0.4, -0.2) is 5.11 Å². The van der Waals surface area contributed by atoms with Gasteiger partial charge in [-0.15, -0.1) is 0 Å². The fraction of sp³-hybridized carbons (Fsp3) is 0.500. The monoisotopic (exact) mass is 340 g/mol. The van der Waals surface area contributed by atoms with Crippen molar-refractivity contribution in [3.05, 3.63) is 64.3 Å². The van der Waals surface area contributed by atoms with E-state index in [9.17, 15) is 5.11 Å². The molecule has 138 valence electrons. The van der Waals surface area contributed by atoms with E-state index < -0.39 is 0 Å². The van der Waals surface area contributed by atoms with Crippen LogP contribution in [0.3, 0.4) is 0 Å². The Morgan fingerprint density at radius 3 is 2.36 bits per heavy atom. The Morgan fingerprint density at radius 1 is 1.08 bits per heavy atom. The molecule has 0 aliphatic heterocycles. The summed E-state index contributed by atoms with van der Waals surface area (Å²) in [4.78, 5) is 0. The van der Waals surface area contributed by atoms with E-state index in [-0.39, 0.29) is 5.76 Å². The van der Waals surface area contributed by atoms with Crippen molar-refractivity contribution in [2.24, 2.45) is 0 Å². The Hall–Kier alpha value is -1.76. The molecule has 1 aromatic carbocycles. The van der Waals surface area contributed by atoms with Crippen molar-refractivity contribution in [2.45, 2.75) is 79.6 Å². The molecule has 25 heavy (non-hydrogen) atoms. The maximum atomic E-state index is 10.1. The maximum absolute atomic E-state index is 10.1. The third-order valence-electron chi connectivity index (χ3n) is 4.76. The SMILES string of the molecule is C=C(O)c1c(CCCCC)ccc(C/C=C(\C)CCC=C(C)C)c1C. The highest BCUT2D eigenvalue weighted by molar-refractivity contribution is 5.65. The van der Waals surface area contributed by atoms with E-state index in [2.05, 4.69) is 65.5 Å². The van der Waals surface area contributed by atoms with Gasteiger partial charge >= 0.3 is 0 Å². The summed E-state index contributed by atoms with van der Waals surface area (Å²) in [7, 11) is 0.